The summed E-state index contributed by atoms with van der Waals surface area (Å²) in [7, 11) is 4.33. The predicted octanol–water partition coefficient (Wildman–Crippen LogP) is 7.75. The first kappa shape index (κ1) is 38.7. The van der Waals surface area contributed by atoms with Crippen LogP contribution >= 0.6 is 0 Å². The van der Waals surface area contributed by atoms with E-state index in [0.717, 1.165) is 45.1 Å². The van der Waals surface area contributed by atoms with Crippen molar-refractivity contribution in [2.75, 3.05) is 20.6 Å². The van der Waals surface area contributed by atoms with Crippen molar-refractivity contribution < 1.29 is 29.3 Å². The normalized spacial score (nSPS) is 26.6. The molecule has 8 heteroatoms. The number of piperidine rings is 2. The molecule has 0 bridgehead atoms. The van der Waals surface area contributed by atoms with Crippen molar-refractivity contribution in [1.29, 1.82) is 0 Å². The summed E-state index contributed by atoms with van der Waals surface area (Å²) in [4.78, 5) is 38.7. The van der Waals surface area contributed by atoms with Gasteiger partial charge in [0.2, 0.25) is 0 Å². The third-order valence-electron chi connectivity index (χ3n) is 12.1. The highest BCUT2D eigenvalue weighted by Gasteiger charge is 2.57. The number of rotatable bonds is 12. The molecule has 2 N–H and O–H groups in total. The van der Waals surface area contributed by atoms with Gasteiger partial charge in [0.25, 0.3) is 0 Å². The number of carboxylic acid groups (broad SMARTS) is 2. The topological polar surface area (TPSA) is 107 Å². The molecule has 0 aromatic heterocycles. The highest BCUT2D eigenvalue weighted by molar-refractivity contribution is 5.89. The zero-order valence-electron chi connectivity index (χ0n) is 29.8. The number of carbonyl (C=O) groups is 3. The van der Waals surface area contributed by atoms with E-state index in [2.05, 4.69) is 79.3 Å². The molecule has 3 rings (SSSR count). The van der Waals surface area contributed by atoms with Gasteiger partial charge in [-0.05, 0) is 123 Å². The standard InChI is InChI=1S/C21H39NO4.C16H23NO2/c1-19(2)20(3,4)22(6)15-14-21(19,5)16(11-9-13-18(25)26)10-7-8-12-17(23)24;1-12-10-14(11-16(2,3)17(12)4)19-15(18)13-8-6-5-7-9-13/h16H,7-15H2,1-6H3,(H,23,24)(H,25,26);5-9,12,14H,10-11H2,1-4H3. The molecule has 2 aliphatic heterocycles. The molecule has 4 atom stereocenters. The van der Waals surface area contributed by atoms with Gasteiger partial charge in [-0.1, -0.05) is 45.4 Å². The van der Waals surface area contributed by atoms with E-state index in [1.54, 1.807) is 12.1 Å². The summed E-state index contributed by atoms with van der Waals surface area (Å²) in [5.41, 5.74) is 0.913. The lowest BCUT2D eigenvalue weighted by atomic mass is 9.48. The Morgan fingerprint density at radius 2 is 1.44 bits per heavy atom. The Kier molecular flexibility index (Phi) is 13.7. The van der Waals surface area contributed by atoms with Crippen LogP contribution in [-0.2, 0) is 14.3 Å². The highest BCUT2D eigenvalue weighted by Crippen LogP contribution is 2.59. The molecule has 2 fully saturated rings. The van der Waals surface area contributed by atoms with Crippen molar-refractivity contribution in [3.05, 3.63) is 35.9 Å². The number of nitrogens with zero attached hydrogens (tertiary/aromatic N) is 2. The number of ether oxygens (including phenoxy) is 1. The average molecular weight is 631 g/mol. The van der Waals surface area contributed by atoms with Crippen LogP contribution < -0.4 is 0 Å². The van der Waals surface area contributed by atoms with Gasteiger partial charge >= 0.3 is 17.9 Å². The van der Waals surface area contributed by atoms with E-state index in [9.17, 15) is 14.4 Å². The predicted molar refractivity (Wildman–Crippen MR) is 180 cm³/mol. The van der Waals surface area contributed by atoms with Gasteiger partial charge in [-0.3, -0.25) is 14.5 Å². The zero-order valence-corrected chi connectivity index (χ0v) is 29.8. The summed E-state index contributed by atoms with van der Waals surface area (Å²) in [5, 5.41) is 17.9. The van der Waals surface area contributed by atoms with Crippen LogP contribution in [0, 0.1) is 16.7 Å². The number of carbonyl (C=O) groups excluding carboxylic acids is 1. The van der Waals surface area contributed by atoms with Gasteiger partial charge in [-0.25, -0.2) is 4.79 Å². The van der Waals surface area contributed by atoms with Crippen LogP contribution in [-0.4, -0.2) is 81.8 Å². The fourth-order valence-electron chi connectivity index (χ4n) is 7.63. The lowest BCUT2D eigenvalue weighted by Gasteiger charge is -2.64. The number of esters is 1. The molecular weight excluding hydrogens is 568 g/mol. The van der Waals surface area contributed by atoms with E-state index in [-0.39, 0.29) is 46.8 Å². The molecule has 1 aromatic rings. The molecule has 8 nitrogen and oxygen atoms in total. The Morgan fingerprint density at radius 3 is 2.00 bits per heavy atom. The summed E-state index contributed by atoms with van der Waals surface area (Å²) in [6.45, 7) is 19.3. The first-order valence-corrected chi connectivity index (χ1v) is 16.9. The summed E-state index contributed by atoms with van der Waals surface area (Å²) in [6.07, 6.45) is 7.49. The summed E-state index contributed by atoms with van der Waals surface area (Å²) >= 11 is 0. The second kappa shape index (κ2) is 15.9. The molecular formula is C37H62N2O6. The van der Waals surface area contributed by atoms with Gasteiger partial charge in [-0.15, -0.1) is 0 Å². The number of unbranched alkanes of at least 4 members (excludes halogenated alkanes) is 1. The fourth-order valence-corrected chi connectivity index (χ4v) is 7.63. The number of hydrogen-bond donors (Lipinski definition) is 2. The van der Waals surface area contributed by atoms with E-state index in [4.69, 9.17) is 14.9 Å². The number of aliphatic carboxylic acids is 2. The van der Waals surface area contributed by atoms with E-state index in [0.29, 0.717) is 30.4 Å². The zero-order chi connectivity index (χ0) is 34.2. The lowest BCUT2D eigenvalue weighted by molar-refractivity contribution is -0.143. The number of hydrogen-bond acceptors (Lipinski definition) is 6. The monoisotopic (exact) mass is 630 g/mol. The molecule has 0 amide bonds. The maximum absolute atomic E-state index is 12.1. The lowest BCUT2D eigenvalue weighted by Crippen LogP contribution is -2.65. The average Bonchev–Trinajstić information content (AvgIpc) is 2.95. The maximum Gasteiger partial charge on any atom is 0.338 e. The third-order valence-corrected chi connectivity index (χ3v) is 12.1. The summed E-state index contributed by atoms with van der Waals surface area (Å²) < 4.78 is 5.67. The van der Waals surface area contributed by atoms with Gasteiger partial charge < -0.3 is 19.8 Å². The first-order valence-electron chi connectivity index (χ1n) is 16.9. The minimum Gasteiger partial charge on any atom is -0.481 e. The molecule has 0 radical (unpaired) electrons. The second-order valence-corrected chi connectivity index (χ2v) is 15.5. The van der Waals surface area contributed by atoms with Crippen molar-refractivity contribution in [2.24, 2.45) is 16.7 Å². The van der Waals surface area contributed by atoms with Crippen LogP contribution in [0.4, 0.5) is 0 Å². The molecule has 4 unspecified atom stereocenters. The van der Waals surface area contributed by atoms with E-state index in [1.165, 1.54) is 0 Å². The van der Waals surface area contributed by atoms with Gasteiger partial charge in [0, 0.05) is 36.4 Å². The van der Waals surface area contributed by atoms with E-state index < -0.39 is 11.9 Å². The fraction of sp³-hybridized carbons (Fsp3) is 0.757. The first-order chi connectivity index (χ1) is 20.8. The largest absolute Gasteiger partial charge is 0.481 e. The summed E-state index contributed by atoms with van der Waals surface area (Å²) in [6, 6.07) is 9.64. The maximum atomic E-state index is 12.1. The quantitative estimate of drug-likeness (QED) is 0.178. The Bertz CT molecular complexity index is 1120. The van der Waals surface area contributed by atoms with Crippen LogP contribution in [0.15, 0.2) is 30.3 Å². The molecule has 0 aliphatic carbocycles. The molecule has 0 spiro atoms. The number of likely N-dealkylation sites (tertiary alicyclic amines) is 2. The summed E-state index contributed by atoms with van der Waals surface area (Å²) in [5.74, 6) is -1.26. The van der Waals surface area contributed by atoms with Crippen molar-refractivity contribution in [1.82, 2.24) is 9.80 Å². The number of carboxylic acids is 2. The van der Waals surface area contributed by atoms with Gasteiger partial charge in [-0.2, -0.15) is 0 Å². The smallest absolute Gasteiger partial charge is 0.338 e. The molecule has 2 saturated heterocycles. The SMILES string of the molecule is CC1CC(OC(=O)c2ccccc2)CC(C)(C)N1C.CN1CCC(C)(C(CCCCC(=O)O)CCCC(=O)O)C(C)(C)C1(C)C. The second-order valence-electron chi connectivity index (χ2n) is 15.5. The Balaban J connectivity index is 0.000000328. The van der Waals surface area contributed by atoms with E-state index >= 15 is 0 Å². The Hall–Kier alpha value is -2.45. The molecule has 45 heavy (non-hydrogen) atoms. The Labute approximate surface area is 272 Å². The molecule has 2 heterocycles. The Morgan fingerprint density at radius 1 is 0.889 bits per heavy atom. The van der Waals surface area contributed by atoms with Crippen LogP contribution in [0.3, 0.4) is 0 Å². The third kappa shape index (κ3) is 9.77. The molecule has 256 valence electrons. The van der Waals surface area contributed by atoms with Gasteiger partial charge in [0.05, 0.1) is 5.56 Å². The van der Waals surface area contributed by atoms with Crippen molar-refractivity contribution in [2.45, 2.75) is 143 Å². The van der Waals surface area contributed by atoms with Crippen LogP contribution in [0.1, 0.15) is 130 Å². The van der Waals surface area contributed by atoms with Crippen LogP contribution in [0.2, 0.25) is 0 Å². The minimum atomic E-state index is -0.737. The van der Waals surface area contributed by atoms with E-state index in [1.807, 2.05) is 18.2 Å². The van der Waals surface area contributed by atoms with Crippen LogP contribution in [0.5, 0.6) is 0 Å². The molecule has 0 saturated carbocycles. The van der Waals surface area contributed by atoms with Gasteiger partial charge in [0.15, 0.2) is 0 Å². The highest BCUT2D eigenvalue weighted by atomic mass is 16.5. The minimum absolute atomic E-state index is 0.00825. The number of benzene rings is 1. The van der Waals surface area contributed by atoms with Crippen molar-refractivity contribution in [3.8, 4) is 0 Å². The van der Waals surface area contributed by atoms with Crippen molar-refractivity contribution >= 4 is 17.9 Å². The van der Waals surface area contributed by atoms with Crippen molar-refractivity contribution in [3.63, 3.8) is 0 Å². The molecule has 2 aliphatic rings. The van der Waals surface area contributed by atoms with Gasteiger partial charge in [0.1, 0.15) is 6.10 Å². The van der Waals surface area contributed by atoms with Crippen LogP contribution in [0.25, 0.3) is 0 Å². The molecule has 1 aromatic carbocycles.